The maximum atomic E-state index is 8.74. The Bertz CT molecular complexity index is 293. The highest BCUT2D eigenvalue weighted by molar-refractivity contribution is 14.1. The Hall–Kier alpha value is 0.160. The molecule has 0 fully saturated rings. The van der Waals surface area contributed by atoms with Gasteiger partial charge >= 0.3 is 0 Å². The average Bonchev–Trinajstić information content (AvgIpc) is 2.09. The third kappa shape index (κ3) is 3.09. The first-order chi connectivity index (χ1) is 6.15. The molecule has 0 saturated carbocycles. The predicted octanol–water partition coefficient (Wildman–Crippen LogP) is 2.33. The van der Waals surface area contributed by atoms with Crippen LogP contribution in [0.15, 0.2) is 18.2 Å². The normalized spacial score (nSPS) is 12.9. The molecule has 0 bridgehead atoms. The van der Waals surface area contributed by atoms with Gasteiger partial charge in [0.1, 0.15) is 0 Å². The summed E-state index contributed by atoms with van der Waals surface area (Å²) < 4.78 is 1.09. The van der Waals surface area contributed by atoms with Crippen LogP contribution >= 0.6 is 34.2 Å². The molecular weight excluding hydrogens is 300 g/mol. The van der Waals surface area contributed by atoms with Crippen molar-refractivity contribution >= 4 is 34.2 Å². The van der Waals surface area contributed by atoms with E-state index in [0.29, 0.717) is 11.4 Å². The lowest BCUT2D eigenvalue weighted by Crippen LogP contribution is -2.13. The second-order valence-corrected chi connectivity index (χ2v) is 4.38. The molecule has 1 rings (SSSR count). The van der Waals surface area contributed by atoms with Crippen molar-refractivity contribution in [3.05, 3.63) is 32.4 Å². The Labute approximate surface area is 96.2 Å². The summed E-state index contributed by atoms with van der Waals surface area (Å²) in [6.45, 7) is 0.101. The van der Waals surface area contributed by atoms with Gasteiger partial charge in [-0.05, 0) is 52.8 Å². The van der Waals surface area contributed by atoms with E-state index < -0.39 is 0 Å². The number of aliphatic hydroxyl groups excluding tert-OH is 1. The Morgan fingerprint density at radius 1 is 1.54 bits per heavy atom. The molecule has 0 aliphatic rings. The van der Waals surface area contributed by atoms with Gasteiger partial charge < -0.3 is 10.8 Å². The van der Waals surface area contributed by atoms with Crippen LogP contribution in [0, 0.1) is 3.57 Å². The van der Waals surface area contributed by atoms with Crippen LogP contribution in [0.4, 0.5) is 0 Å². The number of nitrogens with two attached hydrogens (primary N) is 1. The zero-order valence-corrected chi connectivity index (χ0v) is 9.92. The fourth-order valence-electron chi connectivity index (χ4n) is 1.09. The molecule has 0 amide bonds. The van der Waals surface area contributed by atoms with Crippen molar-refractivity contribution in [1.82, 2.24) is 0 Å². The van der Waals surface area contributed by atoms with Crippen molar-refractivity contribution in [2.75, 3.05) is 6.61 Å². The smallest absolute Gasteiger partial charge is 0.0449 e. The number of hydrogen-bond acceptors (Lipinski definition) is 2. The first-order valence-electron chi connectivity index (χ1n) is 3.96. The number of aliphatic hydroxyl groups is 1. The van der Waals surface area contributed by atoms with Crippen LogP contribution in [0.3, 0.4) is 0 Å². The van der Waals surface area contributed by atoms with Crippen LogP contribution in [-0.4, -0.2) is 11.7 Å². The summed E-state index contributed by atoms with van der Waals surface area (Å²) in [5.74, 6) is 0. The first-order valence-corrected chi connectivity index (χ1v) is 5.42. The second kappa shape index (κ2) is 5.14. The van der Waals surface area contributed by atoms with Crippen molar-refractivity contribution < 1.29 is 5.11 Å². The van der Waals surface area contributed by atoms with Crippen LogP contribution in [0.25, 0.3) is 0 Å². The molecule has 1 aromatic rings. The fourth-order valence-corrected chi connectivity index (χ4v) is 2.01. The lowest BCUT2D eigenvalue weighted by molar-refractivity contribution is 0.276. The first kappa shape index (κ1) is 11.2. The van der Waals surface area contributed by atoms with Crippen LogP contribution in [0.5, 0.6) is 0 Å². The minimum Gasteiger partial charge on any atom is -0.396 e. The van der Waals surface area contributed by atoms with Gasteiger partial charge in [-0.1, -0.05) is 11.6 Å². The lowest BCUT2D eigenvalue weighted by atomic mass is 10.1. The van der Waals surface area contributed by atoms with Gasteiger partial charge in [-0.25, -0.2) is 0 Å². The number of benzene rings is 1. The van der Waals surface area contributed by atoms with Crippen LogP contribution in [-0.2, 0) is 0 Å². The molecule has 3 N–H and O–H groups in total. The maximum absolute atomic E-state index is 8.74. The molecule has 0 spiro atoms. The quantitative estimate of drug-likeness (QED) is 0.842. The van der Waals surface area contributed by atoms with Gasteiger partial charge in [0, 0.05) is 21.2 Å². The Kier molecular flexibility index (Phi) is 4.45. The highest BCUT2D eigenvalue weighted by Crippen LogP contribution is 2.24. The summed E-state index contributed by atoms with van der Waals surface area (Å²) in [7, 11) is 0. The molecule has 0 saturated heterocycles. The molecule has 1 aromatic carbocycles. The van der Waals surface area contributed by atoms with Crippen molar-refractivity contribution in [3.8, 4) is 0 Å². The van der Waals surface area contributed by atoms with Crippen molar-refractivity contribution in [3.63, 3.8) is 0 Å². The van der Waals surface area contributed by atoms with Crippen LogP contribution in [0.1, 0.15) is 18.0 Å². The average molecular weight is 312 g/mol. The van der Waals surface area contributed by atoms with Gasteiger partial charge in [-0.2, -0.15) is 0 Å². The summed E-state index contributed by atoms with van der Waals surface area (Å²) in [4.78, 5) is 0. The molecule has 13 heavy (non-hydrogen) atoms. The predicted molar refractivity (Wildman–Crippen MR) is 62.8 cm³/mol. The van der Waals surface area contributed by atoms with Gasteiger partial charge in [-0.15, -0.1) is 0 Å². The third-order valence-corrected chi connectivity index (χ3v) is 3.02. The SMILES string of the molecule is N[C@@H](CCO)c1cc(Cl)ccc1I. The summed E-state index contributed by atoms with van der Waals surface area (Å²) >= 11 is 8.05. The standard InChI is InChI=1S/C9H11ClINO/c10-6-1-2-8(11)7(5-6)9(12)3-4-13/h1-2,5,9,13H,3-4,12H2/t9-/m0/s1. The van der Waals surface area contributed by atoms with Crippen molar-refractivity contribution in [2.24, 2.45) is 5.73 Å². The van der Waals surface area contributed by atoms with Gasteiger partial charge in [0.25, 0.3) is 0 Å². The molecule has 0 aliphatic heterocycles. The van der Waals surface area contributed by atoms with E-state index in [1.165, 1.54) is 0 Å². The van der Waals surface area contributed by atoms with E-state index in [-0.39, 0.29) is 12.6 Å². The number of hydrogen-bond donors (Lipinski definition) is 2. The maximum Gasteiger partial charge on any atom is 0.0449 e. The summed E-state index contributed by atoms with van der Waals surface area (Å²) in [5.41, 5.74) is 6.85. The lowest BCUT2D eigenvalue weighted by Gasteiger charge is -2.12. The minimum atomic E-state index is -0.129. The molecule has 2 nitrogen and oxygen atoms in total. The molecule has 0 aromatic heterocycles. The largest absolute Gasteiger partial charge is 0.396 e. The number of halogens is 2. The zero-order valence-electron chi connectivity index (χ0n) is 7.00. The van der Waals surface area contributed by atoms with Gasteiger partial charge in [0.05, 0.1) is 0 Å². The van der Waals surface area contributed by atoms with E-state index >= 15 is 0 Å². The zero-order chi connectivity index (χ0) is 9.84. The molecule has 0 unspecified atom stereocenters. The molecule has 0 aliphatic carbocycles. The van der Waals surface area contributed by atoms with Crippen molar-refractivity contribution in [1.29, 1.82) is 0 Å². The minimum absolute atomic E-state index is 0.101. The monoisotopic (exact) mass is 311 g/mol. The van der Waals surface area contributed by atoms with Crippen molar-refractivity contribution in [2.45, 2.75) is 12.5 Å². The van der Waals surface area contributed by atoms with Gasteiger partial charge in [0.2, 0.25) is 0 Å². The van der Waals surface area contributed by atoms with E-state index in [1.807, 2.05) is 18.2 Å². The molecule has 4 heteroatoms. The van der Waals surface area contributed by atoms with E-state index in [9.17, 15) is 0 Å². The Balaban J connectivity index is 2.91. The highest BCUT2D eigenvalue weighted by atomic mass is 127. The summed E-state index contributed by atoms with van der Waals surface area (Å²) in [6.07, 6.45) is 0.566. The fraction of sp³-hybridized carbons (Fsp3) is 0.333. The molecule has 0 heterocycles. The van der Waals surface area contributed by atoms with E-state index in [2.05, 4.69) is 22.6 Å². The topological polar surface area (TPSA) is 46.2 Å². The van der Waals surface area contributed by atoms with Gasteiger partial charge in [-0.3, -0.25) is 0 Å². The molecular formula is C9H11ClINO. The Morgan fingerprint density at radius 2 is 2.23 bits per heavy atom. The molecule has 72 valence electrons. The van der Waals surface area contributed by atoms with Crippen LogP contribution < -0.4 is 5.73 Å². The second-order valence-electron chi connectivity index (χ2n) is 2.78. The van der Waals surface area contributed by atoms with E-state index in [1.54, 1.807) is 0 Å². The summed E-state index contributed by atoms with van der Waals surface area (Å²) in [6, 6.07) is 5.48. The Morgan fingerprint density at radius 3 is 2.85 bits per heavy atom. The van der Waals surface area contributed by atoms with Crippen LogP contribution in [0.2, 0.25) is 5.02 Å². The highest BCUT2D eigenvalue weighted by Gasteiger charge is 2.09. The summed E-state index contributed by atoms with van der Waals surface area (Å²) in [5, 5.41) is 9.43. The van der Waals surface area contributed by atoms with E-state index in [0.717, 1.165) is 9.13 Å². The molecule has 0 radical (unpaired) electrons. The number of rotatable bonds is 3. The molecule has 1 atom stereocenters. The third-order valence-electron chi connectivity index (χ3n) is 1.80. The van der Waals surface area contributed by atoms with E-state index in [4.69, 9.17) is 22.4 Å². The van der Waals surface area contributed by atoms with Gasteiger partial charge in [0.15, 0.2) is 0 Å².